The molecule has 0 aromatic carbocycles. The highest BCUT2D eigenvalue weighted by atomic mass is 16.8. The van der Waals surface area contributed by atoms with E-state index in [1.54, 1.807) is 0 Å². The van der Waals surface area contributed by atoms with E-state index in [4.69, 9.17) is 28.4 Å². The second-order valence-corrected chi connectivity index (χ2v) is 10.7. The number of ether oxygens (including phenoxy) is 6. The number of hydrogen-bond donors (Lipinski definition) is 10. The molecule has 0 radical (unpaired) electrons. The highest BCUT2D eigenvalue weighted by Gasteiger charge is 2.54. The summed E-state index contributed by atoms with van der Waals surface area (Å²) in [4.78, 5) is 23.5. The number of aliphatic hydroxyl groups excluding tert-OH is 8. The van der Waals surface area contributed by atoms with Gasteiger partial charge < -0.3 is 79.9 Å². The standard InChI is InChI=1S/C25H44N2O16/c1-9-15(32)17(34)19(36)24(39-9)42-21-13(8-29)41-23(38-6-4-5-26-10(2)30)14(27-11(3)31)22(21)43-25-20(37)18(35)16(33)12(7-28)40-25/h9,12-25,28-29,32-37H,4-8H2,1-3H3,(H,26,30)(H,27,31)/t9-,12+,13+,14+,15+,16-,17+,18-,19-,20+,21+,22+,23+,24-,25-/m0/s1. The molecule has 3 aliphatic heterocycles. The van der Waals surface area contributed by atoms with E-state index in [1.165, 1.54) is 20.8 Å². The summed E-state index contributed by atoms with van der Waals surface area (Å²) >= 11 is 0. The Hall–Kier alpha value is -1.62. The summed E-state index contributed by atoms with van der Waals surface area (Å²) in [6.45, 7) is 2.72. The van der Waals surface area contributed by atoms with Crippen LogP contribution in [0.15, 0.2) is 0 Å². The first-order chi connectivity index (χ1) is 20.3. The van der Waals surface area contributed by atoms with Crippen LogP contribution in [0.2, 0.25) is 0 Å². The minimum atomic E-state index is -1.86. The van der Waals surface area contributed by atoms with Crippen molar-refractivity contribution < 1.29 is 78.9 Å². The lowest BCUT2D eigenvalue weighted by atomic mass is 9.94. The van der Waals surface area contributed by atoms with Gasteiger partial charge in [0, 0.05) is 20.4 Å². The predicted octanol–water partition coefficient (Wildman–Crippen LogP) is -5.85. The van der Waals surface area contributed by atoms with Gasteiger partial charge in [0.2, 0.25) is 11.8 Å². The van der Waals surface area contributed by atoms with E-state index in [0.717, 1.165) is 0 Å². The highest BCUT2D eigenvalue weighted by Crippen LogP contribution is 2.33. The summed E-state index contributed by atoms with van der Waals surface area (Å²) < 4.78 is 34.7. The van der Waals surface area contributed by atoms with Crippen molar-refractivity contribution in [1.29, 1.82) is 0 Å². The van der Waals surface area contributed by atoms with Gasteiger partial charge in [-0.1, -0.05) is 0 Å². The van der Waals surface area contributed by atoms with E-state index in [9.17, 15) is 50.4 Å². The van der Waals surface area contributed by atoms with Gasteiger partial charge in [0.25, 0.3) is 0 Å². The van der Waals surface area contributed by atoms with Crippen molar-refractivity contribution in [3.63, 3.8) is 0 Å². The fourth-order valence-corrected chi connectivity index (χ4v) is 5.06. The molecule has 0 unspecified atom stereocenters. The van der Waals surface area contributed by atoms with Gasteiger partial charge in [0.05, 0.1) is 25.9 Å². The molecule has 0 spiro atoms. The van der Waals surface area contributed by atoms with E-state index >= 15 is 0 Å². The molecule has 0 aromatic heterocycles. The van der Waals surface area contributed by atoms with Crippen molar-refractivity contribution in [2.75, 3.05) is 26.4 Å². The third-order valence-corrected chi connectivity index (χ3v) is 7.41. The number of rotatable bonds is 12. The third kappa shape index (κ3) is 8.76. The normalized spacial score (nSPS) is 43.7. The minimum Gasteiger partial charge on any atom is -0.394 e. The second kappa shape index (κ2) is 16.1. The first-order valence-corrected chi connectivity index (χ1v) is 14.0. The summed E-state index contributed by atoms with van der Waals surface area (Å²) in [5.41, 5.74) is 0. The predicted molar refractivity (Wildman–Crippen MR) is 138 cm³/mol. The topological polar surface area (TPSA) is 275 Å². The third-order valence-electron chi connectivity index (χ3n) is 7.41. The Morgan fingerprint density at radius 1 is 0.698 bits per heavy atom. The van der Waals surface area contributed by atoms with Gasteiger partial charge in [-0.2, -0.15) is 0 Å². The summed E-state index contributed by atoms with van der Waals surface area (Å²) in [6.07, 6.45) is -21.2. The molecular weight excluding hydrogens is 584 g/mol. The number of nitrogens with one attached hydrogen (secondary N) is 2. The zero-order valence-electron chi connectivity index (χ0n) is 24.0. The molecule has 250 valence electrons. The SMILES string of the molecule is CC(=O)NCCCO[C@@H]1O[C@H](CO)[C@@H](O[C@@H]2O[C@@H](C)[C@@H](O)[C@@H](O)[C@@H]2O)[C@H](O[C@@H]2O[C@H](CO)[C@H](O)[C@H](O)[C@H]2O)[C@H]1NC(C)=O. The summed E-state index contributed by atoms with van der Waals surface area (Å²) in [7, 11) is 0. The molecular formula is C25H44N2O16. The van der Waals surface area contributed by atoms with Gasteiger partial charge in [-0.05, 0) is 13.3 Å². The molecule has 43 heavy (non-hydrogen) atoms. The molecule has 18 nitrogen and oxygen atoms in total. The van der Waals surface area contributed by atoms with Gasteiger partial charge in [0.1, 0.15) is 67.1 Å². The monoisotopic (exact) mass is 628 g/mol. The Labute approximate surface area is 247 Å². The fraction of sp³-hybridized carbons (Fsp3) is 0.920. The van der Waals surface area contributed by atoms with E-state index in [0.29, 0.717) is 6.42 Å². The van der Waals surface area contributed by atoms with Crippen LogP contribution in [0.4, 0.5) is 0 Å². The zero-order chi connectivity index (χ0) is 32.0. The Kier molecular flexibility index (Phi) is 13.4. The number of hydrogen-bond acceptors (Lipinski definition) is 16. The fourth-order valence-electron chi connectivity index (χ4n) is 5.06. The van der Waals surface area contributed by atoms with Crippen LogP contribution in [0.1, 0.15) is 27.2 Å². The quantitative estimate of drug-likeness (QED) is 0.0901. The van der Waals surface area contributed by atoms with Gasteiger partial charge in [-0.3, -0.25) is 9.59 Å². The minimum absolute atomic E-state index is 0.00349. The molecule has 0 bridgehead atoms. The average Bonchev–Trinajstić information content (AvgIpc) is 2.96. The first kappa shape index (κ1) is 35.9. The Balaban J connectivity index is 1.94. The van der Waals surface area contributed by atoms with Crippen molar-refractivity contribution in [3.8, 4) is 0 Å². The van der Waals surface area contributed by atoms with E-state index in [2.05, 4.69) is 10.6 Å². The van der Waals surface area contributed by atoms with E-state index in [-0.39, 0.29) is 19.1 Å². The molecule has 2 amide bonds. The highest BCUT2D eigenvalue weighted by molar-refractivity contribution is 5.73. The van der Waals surface area contributed by atoms with Crippen molar-refractivity contribution in [3.05, 3.63) is 0 Å². The number of aliphatic hydroxyl groups is 8. The molecule has 10 N–H and O–H groups in total. The van der Waals surface area contributed by atoms with Crippen LogP contribution in [-0.4, -0.2) is 171 Å². The number of amides is 2. The van der Waals surface area contributed by atoms with E-state index < -0.39 is 111 Å². The smallest absolute Gasteiger partial charge is 0.217 e. The van der Waals surface area contributed by atoms with Crippen LogP contribution in [0.25, 0.3) is 0 Å². The Morgan fingerprint density at radius 3 is 1.84 bits per heavy atom. The average molecular weight is 629 g/mol. The second-order valence-electron chi connectivity index (χ2n) is 10.7. The molecule has 3 saturated heterocycles. The molecule has 3 aliphatic rings. The largest absolute Gasteiger partial charge is 0.394 e. The maximum absolute atomic E-state index is 12.3. The lowest BCUT2D eigenvalue weighted by molar-refractivity contribution is -0.373. The zero-order valence-corrected chi connectivity index (χ0v) is 24.0. The molecule has 3 heterocycles. The Bertz CT molecular complexity index is 899. The molecule has 3 fully saturated rings. The van der Waals surface area contributed by atoms with Crippen molar-refractivity contribution >= 4 is 11.8 Å². The maximum Gasteiger partial charge on any atom is 0.217 e. The van der Waals surface area contributed by atoms with Crippen LogP contribution in [0.3, 0.4) is 0 Å². The van der Waals surface area contributed by atoms with E-state index in [1.807, 2.05) is 0 Å². The molecule has 3 rings (SSSR count). The molecule has 18 heteroatoms. The van der Waals surface area contributed by atoms with Crippen molar-refractivity contribution in [1.82, 2.24) is 10.6 Å². The van der Waals surface area contributed by atoms with Gasteiger partial charge in [-0.25, -0.2) is 0 Å². The van der Waals surface area contributed by atoms with Gasteiger partial charge in [-0.15, -0.1) is 0 Å². The van der Waals surface area contributed by atoms with Crippen molar-refractivity contribution in [2.24, 2.45) is 0 Å². The van der Waals surface area contributed by atoms with Gasteiger partial charge in [0.15, 0.2) is 18.9 Å². The number of carbonyl (C=O) groups is 2. The first-order valence-electron chi connectivity index (χ1n) is 14.0. The summed E-state index contributed by atoms with van der Waals surface area (Å²) in [5, 5.41) is 87.2. The Morgan fingerprint density at radius 2 is 1.26 bits per heavy atom. The van der Waals surface area contributed by atoms with Crippen LogP contribution in [0, 0.1) is 0 Å². The van der Waals surface area contributed by atoms with Gasteiger partial charge >= 0.3 is 0 Å². The van der Waals surface area contributed by atoms with Crippen LogP contribution in [0.5, 0.6) is 0 Å². The van der Waals surface area contributed by atoms with Crippen molar-refractivity contribution in [2.45, 2.75) is 119 Å². The maximum atomic E-state index is 12.3. The number of carbonyl (C=O) groups excluding carboxylic acids is 2. The van der Waals surface area contributed by atoms with Crippen LogP contribution in [-0.2, 0) is 38.0 Å². The molecule has 0 aliphatic carbocycles. The molecule has 15 atom stereocenters. The lowest BCUT2D eigenvalue weighted by Crippen LogP contribution is -2.69. The summed E-state index contributed by atoms with van der Waals surface area (Å²) in [5.74, 6) is -0.845. The lowest BCUT2D eigenvalue weighted by Gasteiger charge is -2.50. The summed E-state index contributed by atoms with van der Waals surface area (Å²) in [6, 6.07) is -1.27. The van der Waals surface area contributed by atoms with Crippen LogP contribution >= 0.6 is 0 Å². The molecule has 0 saturated carbocycles. The molecule has 0 aromatic rings. The van der Waals surface area contributed by atoms with Crippen LogP contribution < -0.4 is 10.6 Å².